The monoisotopic (exact) mass is 232 g/mol. The van der Waals surface area contributed by atoms with E-state index < -0.39 is 0 Å². The van der Waals surface area contributed by atoms with Gasteiger partial charge < -0.3 is 10.6 Å². The maximum atomic E-state index is 12.1. The highest BCUT2D eigenvalue weighted by molar-refractivity contribution is 5.96. The third-order valence-electron chi connectivity index (χ3n) is 3.28. The van der Waals surface area contributed by atoms with E-state index in [1.54, 1.807) is 0 Å². The third kappa shape index (κ3) is 2.50. The van der Waals surface area contributed by atoms with E-state index in [9.17, 15) is 4.79 Å². The normalized spacial score (nSPS) is 14.9. The summed E-state index contributed by atoms with van der Waals surface area (Å²) in [6.45, 7) is 4.18. The smallest absolute Gasteiger partial charge is 0.254 e. The van der Waals surface area contributed by atoms with Crippen molar-refractivity contribution in [2.45, 2.75) is 26.2 Å². The van der Waals surface area contributed by atoms with Crippen LogP contribution >= 0.6 is 0 Å². The molecular weight excluding hydrogens is 212 g/mol. The Hall–Kier alpha value is -1.35. The number of amides is 1. The Morgan fingerprint density at radius 3 is 2.94 bits per heavy atom. The molecule has 3 nitrogen and oxygen atoms in total. The summed E-state index contributed by atoms with van der Waals surface area (Å²) in [6.07, 6.45) is 3.19. The van der Waals surface area contributed by atoms with Gasteiger partial charge in [0, 0.05) is 25.2 Å². The van der Waals surface area contributed by atoms with E-state index in [1.165, 1.54) is 11.1 Å². The molecule has 0 bridgehead atoms. The predicted molar refractivity (Wildman–Crippen MR) is 69.1 cm³/mol. The quantitative estimate of drug-likeness (QED) is 0.857. The number of fused-ring (bicyclic) bond motifs is 1. The standard InChI is InChI=1S/C14H20N2O/c1-2-3-11-4-5-13-12(10-11)6-8-16(9-7-15)14(13)17/h4-5,10H,2-3,6-9,15H2,1H3. The molecule has 3 heteroatoms. The number of nitrogens with two attached hydrogens (primary N) is 1. The summed E-state index contributed by atoms with van der Waals surface area (Å²) < 4.78 is 0. The Labute approximate surface area is 103 Å². The summed E-state index contributed by atoms with van der Waals surface area (Å²) in [4.78, 5) is 14.0. The van der Waals surface area contributed by atoms with Crippen LogP contribution in [0.5, 0.6) is 0 Å². The van der Waals surface area contributed by atoms with Gasteiger partial charge in [-0.05, 0) is 30.0 Å². The van der Waals surface area contributed by atoms with Crippen LogP contribution in [0.25, 0.3) is 0 Å². The van der Waals surface area contributed by atoms with Crippen LogP contribution in [-0.4, -0.2) is 30.4 Å². The van der Waals surface area contributed by atoms with Gasteiger partial charge >= 0.3 is 0 Å². The Bertz CT molecular complexity index is 415. The van der Waals surface area contributed by atoms with Crippen molar-refractivity contribution in [3.8, 4) is 0 Å². The summed E-state index contributed by atoms with van der Waals surface area (Å²) in [5, 5.41) is 0. The summed E-state index contributed by atoms with van der Waals surface area (Å²) in [6, 6.07) is 6.24. The Balaban J connectivity index is 2.23. The number of carbonyl (C=O) groups is 1. The van der Waals surface area contributed by atoms with Crippen LogP contribution in [0.2, 0.25) is 0 Å². The van der Waals surface area contributed by atoms with E-state index in [0.29, 0.717) is 13.1 Å². The highest BCUT2D eigenvalue weighted by atomic mass is 16.2. The molecule has 92 valence electrons. The van der Waals surface area contributed by atoms with Crippen molar-refractivity contribution >= 4 is 5.91 Å². The predicted octanol–water partition coefficient (Wildman–Crippen LogP) is 1.60. The Morgan fingerprint density at radius 2 is 2.24 bits per heavy atom. The van der Waals surface area contributed by atoms with Crippen LogP contribution in [0.3, 0.4) is 0 Å². The molecule has 17 heavy (non-hydrogen) atoms. The molecular formula is C14H20N2O. The molecule has 0 aromatic heterocycles. The Morgan fingerprint density at radius 1 is 1.41 bits per heavy atom. The topological polar surface area (TPSA) is 46.3 Å². The summed E-state index contributed by atoms with van der Waals surface area (Å²) >= 11 is 0. The number of carbonyl (C=O) groups excluding carboxylic acids is 1. The van der Waals surface area contributed by atoms with E-state index in [1.807, 2.05) is 11.0 Å². The second-order valence-electron chi connectivity index (χ2n) is 4.57. The zero-order valence-electron chi connectivity index (χ0n) is 10.4. The van der Waals surface area contributed by atoms with Gasteiger partial charge in [-0.1, -0.05) is 25.5 Å². The molecule has 2 N–H and O–H groups in total. The first-order valence-electron chi connectivity index (χ1n) is 6.37. The zero-order chi connectivity index (χ0) is 12.3. The molecule has 1 heterocycles. The number of hydrogen-bond donors (Lipinski definition) is 1. The first kappa shape index (κ1) is 12.1. The molecule has 0 atom stereocenters. The lowest BCUT2D eigenvalue weighted by Gasteiger charge is -2.28. The van der Waals surface area contributed by atoms with Gasteiger partial charge in [0.05, 0.1) is 0 Å². The molecule has 0 saturated carbocycles. The van der Waals surface area contributed by atoms with Gasteiger partial charge in [-0.2, -0.15) is 0 Å². The van der Waals surface area contributed by atoms with Crippen LogP contribution in [-0.2, 0) is 12.8 Å². The number of aryl methyl sites for hydroxylation is 1. The fraction of sp³-hybridized carbons (Fsp3) is 0.500. The average Bonchev–Trinajstić information content (AvgIpc) is 2.33. The number of rotatable bonds is 4. The van der Waals surface area contributed by atoms with Gasteiger partial charge in [0.2, 0.25) is 0 Å². The molecule has 0 saturated heterocycles. The molecule has 0 spiro atoms. The van der Waals surface area contributed by atoms with E-state index in [0.717, 1.165) is 31.4 Å². The molecule has 1 aromatic rings. The number of benzene rings is 1. The SMILES string of the molecule is CCCc1ccc2c(c1)CCN(CCN)C2=O. The summed E-state index contributed by atoms with van der Waals surface area (Å²) in [5.74, 6) is 0.139. The van der Waals surface area contributed by atoms with Crippen molar-refractivity contribution in [3.05, 3.63) is 34.9 Å². The van der Waals surface area contributed by atoms with Crippen molar-refractivity contribution in [2.24, 2.45) is 5.73 Å². The molecule has 1 aliphatic heterocycles. The maximum absolute atomic E-state index is 12.1. The first-order valence-corrected chi connectivity index (χ1v) is 6.37. The van der Waals surface area contributed by atoms with Crippen LogP contribution < -0.4 is 5.73 Å². The van der Waals surface area contributed by atoms with Gasteiger partial charge in [-0.15, -0.1) is 0 Å². The maximum Gasteiger partial charge on any atom is 0.254 e. The van der Waals surface area contributed by atoms with Crippen molar-refractivity contribution in [3.63, 3.8) is 0 Å². The lowest BCUT2D eigenvalue weighted by atomic mass is 9.95. The molecule has 0 radical (unpaired) electrons. The number of nitrogens with zero attached hydrogens (tertiary/aromatic N) is 1. The Kier molecular flexibility index (Phi) is 3.79. The molecule has 2 rings (SSSR count). The van der Waals surface area contributed by atoms with E-state index in [-0.39, 0.29) is 5.91 Å². The number of hydrogen-bond acceptors (Lipinski definition) is 2. The second kappa shape index (κ2) is 5.32. The average molecular weight is 232 g/mol. The minimum absolute atomic E-state index is 0.139. The van der Waals surface area contributed by atoms with Crippen molar-refractivity contribution < 1.29 is 4.79 Å². The molecule has 1 amide bonds. The van der Waals surface area contributed by atoms with Crippen LogP contribution in [0.4, 0.5) is 0 Å². The highest BCUT2D eigenvalue weighted by Gasteiger charge is 2.23. The van der Waals surface area contributed by atoms with Gasteiger partial charge in [-0.25, -0.2) is 0 Å². The van der Waals surface area contributed by atoms with Crippen LogP contribution in [0.15, 0.2) is 18.2 Å². The zero-order valence-corrected chi connectivity index (χ0v) is 10.4. The molecule has 1 aliphatic rings. The molecule has 0 fully saturated rings. The van der Waals surface area contributed by atoms with E-state index in [2.05, 4.69) is 19.1 Å². The fourth-order valence-electron chi connectivity index (χ4n) is 2.40. The second-order valence-corrected chi connectivity index (χ2v) is 4.57. The van der Waals surface area contributed by atoms with Gasteiger partial charge in [0.15, 0.2) is 0 Å². The van der Waals surface area contributed by atoms with Crippen LogP contribution in [0.1, 0.15) is 34.8 Å². The third-order valence-corrected chi connectivity index (χ3v) is 3.28. The van der Waals surface area contributed by atoms with Gasteiger partial charge in [0.1, 0.15) is 0 Å². The highest BCUT2D eigenvalue weighted by Crippen LogP contribution is 2.20. The molecule has 0 aliphatic carbocycles. The van der Waals surface area contributed by atoms with Crippen molar-refractivity contribution in [2.75, 3.05) is 19.6 Å². The van der Waals surface area contributed by atoms with E-state index in [4.69, 9.17) is 5.73 Å². The van der Waals surface area contributed by atoms with Gasteiger partial charge in [0.25, 0.3) is 5.91 Å². The molecule has 0 unspecified atom stereocenters. The lowest BCUT2D eigenvalue weighted by molar-refractivity contribution is 0.0745. The van der Waals surface area contributed by atoms with Crippen molar-refractivity contribution in [1.82, 2.24) is 4.90 Å². The lowest BCUT2D eigenvalue weighted by Crippen LogP contribution is -2.40. The molecule has 1 aromatic carbocycles. The first-order chi connectivity index (χ1) is 8.26. The summed E-state index contributed by atoms with van der Waals surface area (Å²) in [7, 11) is 0. The minimum atomic E-state index is 0.139. The van der Waals surface area contributed by atoms with Crippen LogP contribution in [0, 0.1) is 0 Å². The fourth-order valence-corrected chi connectivity index (χ4v) is 2.40. The van der Waals surface area contributed by atoms with E-state index >= 15 is 0 Å². The minimum Gasteiger partial charge on any atom is -0.337 e. The van der Waals surface area contributed by atoms with Crippen molar-refractivity contribution in [1.29, 1.82) is 0 Å². The summed E-state index contributed by atoms with van der Waals surface area (Å²) in [5.41, 5.74) is 8.92. The largest absolute Gasteiger partial charge is 0.337 e. The van der Waals surface area contributed by atoms with Gasteiger partial charge in [-0.3, -0.25) is 4.79 Å².